The number of hydrogen-bond acceptors (Lipinski definition) is 10. The molecule has 0 radical (unpaired) electrons. The first-order valence-corrected chi connectivity index (χ1v) is 15.0. The van der Waals surface area contributed by atoms with Gasteiger partial charge in [0, 0.05) is 43.4 Å². The number of likely N-dealkylation sites (tertiary alicyclic amines) is 1. The molecule has 0 saturated carbocycles. The van der Waals surface area contributed by atoms with Crippen molar-refractivity contribution >= 4 is 11.9 Å². The molecule has 0 amide bonds. The maximum Gasteiger partial charge on any atom is 0.343 e. The minimum atomic E-state index is -0.856. The van der Waals surface area contributed by atoms with Crippen LogP contribution < -0.4 is 20.5 Å². The summed E-state index contributed by atoms with van der Waals surface area (Å²) in [6.45, 7) is 2.36. The molecule has 0 unspecified atom stereocenters. The van der Waals surface area contributed by atoms with Gasteiger partial charge in [-0.05, 0) is 60.4 Å². The first-order valence-electron chi connectivity index (χ1n) is 15.0. The Morgan fingerprint density at radius 3 is 2.41 bits per heavy atom. The second-order valence-corrected chi connectivity index (χ2v) is 11.7. The molecule has 2 aliphatic rings. The Morgan fingerprint density at radius 1 is 0.957 bits per heavy atom. The number of pyridine rings is 1. The molecule has 1 saturated heterocycles. The van der Waals surface area contributed by atoms with E-state index in [1.807, 2.05) is 10.6 Å². The van der Waals surface area contributed by atoms with E-state index in [0.717, 1.165) is 18.7 Å². The average Bonchev–Trinajstić information content (AvgIpc) is 3.06. The number of carbonyl (C=O) groups is 2. The predicted molar refractivity (Wildman–Crippen MR) is 166 cm³/mol. The van der Waals surface area contributed by atoms with Crippen molar-refractivity contribution in [1.29, 1.82) is 0 Å². The number of benzene rings is 2. The fraction of sp³-hybridized carbons (Fsp3) is 0.314. The van der Waals surface area contributed by atoms with E-state index in [4.69, 9.17) is 18.6 Å². The third kappa shape index (κ3) is 6.45. The summed E-state index contributed by atoms with van der Waals surface area (Å²) < 4.78 is 23.6. The SMILES string of the molecule is COC(=O)C[C@@H](c1ccc(OC(=O)c2ccc(OC)cc2)cc1)c1oc(CN2C[C@H]3C[C@@H](C2)c2cccc(=O)n2C3)cc(=O)c1O. The van der Waals surface area contributed by atoms with Crippen molar-refractivity contribution in [3.05, 3.63) is 122 Å². The maximum atomic E-state index is 13.0. The van der Waals surface area contributed by atoms with E-state index in [2.05, 4.69) is 4.90 Å². The Labute approximate surface area is 264 Å². The van der Waals surface area contributed by atoms with Crippen LogP contribution in [0.15, 0.2) is 86.8 Å². The second-order valence-electron chi connectivity index (χ2n) is 11.7. The van der Waals surface area contributed by atoms with Gasteiger partial charge in [0.15, 0.2) is 5.76 Å². The van der Waals surface area contributed by atoms with Gasteiger partial charge in [0.1, 0.15) is 17.3 Å². The lowest BCUT2D eigenvalue weighted by atomic mass is 9.83. The largest absolute Gasteiger partial charge is 0.502 e. The summed E-state index contributed by atoms with van der Waals surface area (Å²) >= 11 is 0. The smallest absolute Gasteiger partial charge is 0.343 e. The van der Waals surface area contributed by atoms with Gasteiger partial charge in [0.25, 0.3) is 5.56 Å². The molecule has 2 aliphatic heterocycles. The lowest BCUT2D eigenvalue weighted by Gasteiger charge is -2.42. The molecule has 0 aliphatic carbocycles. The van der Waals surface area contributed by atoms with Gasteiger partial charge >= 0.3 is 11.9 Å². The van der Waals surface area contributed by atoms with E-state index in [9.17, 15) is 24.3 Å². The van der Waals surface area contributed by atoms with Crippen molar-refractivity contribution in [1.82, 2.24) is 9.47 Å². The highest BCUT2D eigenvalue weighted by atomic mass is 16.5. The first kappa shape index (κ1) is 30.8. The molecule has 4 heterocycles. The van der Waals surface area contributed by atoms with Gasteiger partial charge in [-0.25, -0.2) is 4.79 Å². The molecular weight excluding hydrogens is 592 g/mol. The first-order chi connectivity index (χ1) is 22.2. The number of aromatic nitrogens is 1. The van der Waals surface area contributed by atoms with Gasteiger partial charge in [-0.15, -0.1) is 0 Å². The number of aromatic hydroxyl groups is 1. The van der Waals surface area contributed by atoms with E-state index in [0.29, 0.717) is 42.3 Å². The minimum absolute atomic E-state index is 0.00917. The zero-order valence-electron chi connectivity index (χ0n) is 25.5. The van der Waals surface area contributed by atoms with E-state index in [1.54, 1.807) is 60.7 Å². The molecule has 6 rings (SSSR count). The molecule has 238 valence electrons. The number of esters is 2. The van der Waals surface area contributed by atoms with E-state index in [1.165, 1.54) is 20.3 Å². The molecule has 11 nitrogen and oxygen atoms in total. The third-order valence-corrected chi connectivity index (χ3v) is 8.67. The Morgan fingerprint density at radius 2 is 1.70 bits per heavy atom. The third-order valence-electron chi connectivity index (χ3n) is 8.67. The van der Waals surface area contributed by atoms with Crippen molar-refractivity contribution in [3.8, 4) is 17.2 Å². The Bertz CT molecular complexity index is 1860. The van der Waals surface area contributed by atoms with Crippen molar-refractivity contribution in [3.63, 3.8) is 0 Å². The Balaban J connectivity index is 1.23. The normalized spacial score (nSPS) is 17.9. The summed E-state index contributed by atoms with van der Waals surface area (Å²) in [6.07, 6.45) is 0.776. The highest BCUT2D eigenvalue weighted by Crippen LogP contribution is 2.37. The van der Waals surface area contributed by atoms with Gasteiger partial charge in [0.2, 0.25) is 11.2 Å². The monoisotopic (exact) mass is 626 g/mol. The molecule has 2 aromatic carbocycles. The highest BCUT2D eigenvalue weighted by molar-refractivity contribution is 5.91. The average molecular weight is 627 g/mol. The molecule has 4 aromatic rings. The number of hydrogen-bond donors (Lipinski definition) is 1. The molecule has 11 heteroatoms. The van der Waals surface area contributed by atoms with Crippen LogP contribution in [0.5, 0.6) is 17.2 Å². The number of carbonyl (C=O) groups excluding carboxylic acids is 2. The molecule has 2 aromatic heterocycles. The van der Waals surface area contributed by atoms with Gasteiger partial charge in [-0.3, -0.25) is 19.3 Å². The highest BCUT2D eigenvalue weighted by Gasteiger charge is 2.35. The number of methoxy groups -OCH3 is 2. The lowest BCUT2D eigenvalue weighted by molar-refractivity contribution is -0.140. The molecule has 0 spiro atoms. The number of fused-ring (bicyclic) bond motifs is 4. The summed E-state index contributed by atoms with van der Waals surface area (Å²) in [5, 5.41) is 10.9. The van der Waals surface area contributed by atoms with Crippen LogP contribution in [0.25, 0.3) is 0 Å². The van der Waals surface area contributed by atoms with Crippen LogP contribution in [0, 0.1) is 5.92 Å². The Hall–Kier alpha value is -5.16. The standard InChI is InChI=1S/C35H34N2O9/c1-43-25-10-8-23(9-11-25)35(42)46-26-12-6-22(7-13-26)28(16-32(40)44-2)34-33(41)30(38)15-27(45-34)20-36-17-21-14-24(19-36)29-4-3-5-31(39)37(29)18-21/h3-13,15,21,24,28,41H,14,16-20H2,1-2H3/t21-,24+,28+/m1/s1. The van der Waals surface area contributed by atoms with E-state index < -0.39 is 29.0 Å². The van der Waals surface area contributed by atoms with Gasteiger partial charge in [-0.2, -0.15) is 0 Å². The number of rotatable bonds is 9. The van der Waals surface area contributed by atoms with Crippen LogP contribution in [0.3, 0.4) is 0 Å². The number of ether oxygens (including phenoxy) is 3. The fourth-order valence-electron chi connectivity index (χ4n) is 6.49. The van der Waals surface area contributed by atoms with Crippen LogP contribution in [0.4, 0.5) is 0 Å². The van der Waals surface area contributed by atoms with Crippen molar-refractivity contribution in [2.45, 2.75) is 37.8 Å². The van der Waals surface area contributed by atoms with Crippen molar-refractivity contribution in [2.24, 2.45) is 5.92 Å². The summed E-state index contributed by atoms with van der Waals surface area (Å²) in [6, 6.07) is 19.6. The zero-order chi connectivity index (χ0) is 32.4. The fourth-order valence-corrected chi connectivity index (χ4v) is 6.49. The van der Waals surface area contributed by atoms with Crippen molar-refractivity contribution in [2.75, 3.05) is 27.3 Å². The quantitative estimate of drug-likeness (QED) is 0.214. The van der Waals surface area contributed by atoms with Crippen LogP contribution in [-0.2, 0) is 22.6 Å². The number of nitrogens with zero attached hydrogens (tertiary/aromatic N) is 2. The van der Waals surface area contributed by atoms with Crippen LogP contribution >= 0.6 is 0 Å². The van der Waals surface area contributed by atoms with Crippen molar-refractivity contribution < 1.29 is 33.3 Å². The van der Waals surface area contributed by atoms with Gasteiger partial charge < -0.3 is 28.3 Å². The molecule has 2 bridgehead atoms. The molecule has 1 fully saturated rings. The zero-order valence-corrected chi connectivity index (χ0v) is 25.5. The summed E-state index contributed by atoms with van der Waals surface area (Å²) in [7, 11) is 2.79. The molecule has 46 heavy (non-hydrogen) atoms. The van der Waals surface area contributed by atoms with Crippen LogP contribution in [-0.4, -0.2) is 53.8 Å². The van der Waals surface area contributed by atoms with E-state index in [-0.39, 0.29) is 35.3 Å². The molecular formula is C35H34N2O9. The Kier molecular flexibility index (Phi) is 8.76. The van der Waals surface area contributed by atoms with Crippen LogP contribution in [0.1, 0.15) is 57.8 Å². The minimum Gasteiger partial charge on any atom is -0.502 e. The van der Waals surface area contributed by atoms with Crippen LogP contribution in [0.2, 0.25) is 0 Å². The lowest BCUT2D eigenvalue weighted by Crippen LogP contribution is -2.46. The van der Waals surface area contributed by atoms with E-state index >= 15 is 0 Å². The topological polar surface area (TPSA) is 138 Å². The molecule has 3 atom stereocenters. The summed E-state index contributed by atoms with van der Waals surface area (Å²) in [5.74, 6) is -0.941. The predicted octanol–water partition coefficient (Wildman–Crippen LogP) is 4.05. The maximum absolute atomic E-state index is 13.0. The second kappa shape index (κ2) is 13.1. The van der Waals surface area contributed by atoms with Gasteiger partial charge in [-0.1, -0.05) is 18.2 Å². The number of piperidine rings is 1. The summed E-state index contributed by atoms with van der Waals surface area (Å²) in [4.78, 5) is 52.7. The van der Waals surface area contributed by atoms with Gasteiger partial charge in [0.05, 0.1) is 38.7 Å². The summed E-state index contributed by atoms with van der Waals surface area (Å²) in [5.41, 5.74) is 1.28. The molecule has 1 N–H and O–H groups in total.